The molecule has 1 aromatic carbocycles. The Hall–Kier alpha value is -1.82. The number of ether oxygens (including phenoxy) is 1. The van der Waals surface area contributed by atoms with Crippen LogP contribution >= 0.6 is 34.5 Å². The fourth-order valence-electron chi connectivity index (χ4n) is 1.93. The van der Waals surface area contributed by atoms with Crippen molar-refractivity contribution in [3.63, 3.8) is 0 Å². The van der Waals surface area contributed by atoms with Crippen molar-refractivity contribution < 1.29 is 14.3 Å². The first-order valence-corrected chi connectivity index (χ1v) is 8.72. The Labute approximate surface area is 154 Å². The zero-order chi connectivity index (χ0) is 17.5. The first-order chi connectivity index (χ1) is 11.5. The first-order valence-electron chi connectivity index (χ1n) is 7.08. The van der Waals surface area contributed by atoms with Crippen LogP contribution in [0.1, 0.15) is 23.4 Å². The summed E-state index contributed by atoms with van der Waals surface area (Å²) in [5, 5.41) is 5.61. The van der Waals surface area contributed by atoms with Gasteiger partial charge in [0.2, 0.25) is 0 Å². The molecule has 1 unspecified atom stereocenters. The number of halogens is 2. The van der Waals surface area contributed by atoms with Gasteiger partial charge in [-0.2, -0.15) is 0 Å². The van der Waals surface area contributed by atoms with Crippen molar-refractivity contribution in [2.24, 2.45) is 0 Å². The molecule has 0 radical (unpaired) electrons. The summed E-state index contributed by atoms with van der Waals surface area (Å²) < 4.78 is 4.90. The number of hydrogen-bond acceptors (Lipinski definition) is 4. The van der Waals surface area contributed by atoms with E-state index in [2.05, 4.69) is 5.32 Å². The molecular formula is C17H15Cl2NO3S. The van der Waals surface area contributed by atoms with Crippen LogP contribution in [0.2, 0.25) is 10.0 Å². The van der Waals surface area contributed by atoms with Gasteiger partial charge in [0.25, 0.3) is 5.91 Å². The normalized spacial score (nSPS) is 12.1. The van der Waals surface area contributed by atoms with E-state index in [-0.39, 0.29) is 12.6 Å². The van der Waals surface area contributed by atoms with Gasteiger partial charge in [-0.3, -0.25) is 4.79 Å². The molecular weight excluding hydrogens is 369 g/mol. The van der Waals surface area contributed by atoms with Crippen LogP contribution in [0.4, 0.5) is 0 Å². The molecule has 126 valence electrons. The van der Waals surface area contributed by atoms with Crippen LogP contribution in [0.3, 0.4) is 0 Å². The van der Waals surface area contributed by atoms with E-state index in [0.717, 1.165) is 10.4 Å². The van der Waals surface area contributed by atoms with E-state index < -0.39 is 11.9 Å². The highest BCUT2D eigenvalue weighted by atomic mass is 35.5. The Morgan fingerprint density at radius 2 is 2.12 bits per heavy atom. The zero-order valence-corrected chi connectivity index (χ0v) is 15.1. The van der Waals surface area contributed by atoms with Gasteiger partial charge >= 0.3 is 5.97 Å². The molecule has 2 aromatic rings. The van der Waals surface area contributed by atoms with Crippen molar-refractivity contribution >= 4 is 52.5 Å². The maximum Gasteiger partial charge on any atom is 0.331 e. The summed E-state index contributed by atoms with van der Waals surface area (Å²) >= 11 is 13.4. The topological polar surface area (TPSA) is 55.4 Å². The number of hydrogen-bond donors (Lipinski definition) is 1. The molecule has 0 bridgehead atoms. The third-order valence-electron chi connectivity index (χ3n) is 3.08. The number of rotatable bonds is 6. The standard InChI is InChI=1S/C17H15Cl2NO3S/c1-11(14-6-4-12(18)9-15(14)19)20-16(21)10-23-17(22)7-5-13-3-2-8-24-13/h2-9,11H,10H2,1H3,(H,20,21)/b7-5+. The molecule has 0 saturated heterocycles. The van der Waals surface area contributed by atoms with Crippen LogP contribution in [0, 0.1) is 0 Å². The van der Waals surface area contributed by atoms with E-state index in [9.17, 15) is 9.59 Å². The second kappa shape index (κ2) is 8.87. The van der Waals surface area contributed by atoms with Crippen molar-refractivity contribution in [3.05, 3.63) is 62.3 Å². The monoisotopic (exact) mass is 383 g/mol. The van der Waals surface area contributed by atoms with E-state index in [1.165, 1.54) is 17.4 Å². The van der Waals surface area contributed by atoms with Crippen LogP contribution in [0.15, 0.2) is 41.8 Å². The van der Waals surface area contributed by atoms with Crippen LogP contribution in [-0.4, -0.2) is 18.5 Å². The summed E-state index contributed by atoms with van der Waals surface area (Å²) in [6, 6.07) is 8.47. The largest absolute Gasteiger partial charge is 0.452 e. The lowest BCUT2D eigenvalue weighted by Gasteiger charge is -2.15. The lowest BCUT2D eigenvalue weighted by molar-refractivity contribution is -0.144. The van der Waals surface area contributed by atoms with Crippen molar-refractivity contribution in [2.75, 3.05) is 6.61 Å². The van der Waals surface area contributed by atoms with E-state index in [4.69, 9.17) is 27.9 Å². The second-order valence-corrected chi connectivity index (χ2v) is 6.73. The minimum Gasteiger partial charge on any atom is -0.452 e. The number of nitrogens with one attached hydrogen (secondary N) is 1. The van der Waals surface area contributed by atoms with Crippen LogP contribution in [0.25, 0.3) is 6.08 Å². The Morgan fingerprint density at radius 1 is 1.33 bits per heavy atom. The second-order valence-electron chi connectivity index (χ2n) is 4.91. The molecule has 0 saturated carbocycles. The van der Waals surface area contributed by atoms with Gasteiger partial charge in [0, 0.05) is 21.0 Å². The molecule has 0 fully saturated rings. The van der Waals surface area contributed by atoms with E-state index in [1.807, 2.05) is 17.5 Å². The molecule has 1 aromatic heterocycles. The molecule has 1 atom stereocenters. The van der Waals surface area contributed by atoms with Gasteiger partial charge in [-0.25, -0.2) is 4.79 Å². The van der Waals surface area contributed by atoms with Gasteiger partial charge in [0.1, 0.15) is 0 Å². The fraction of sp³-hybridized carbons (Fsp3) is 0.176. The summed E-state index contributed by atoms with van der Waals surface area (Å²) in [6.07, 6.45) is 2.93. The number of carbonyl (C=O) groups is 2. The van der Waals surface area contributed by atoms with Gasteiger partial charge in [0.05, 0.1) is 6.04 Å². The summed E-state index contributed by atoms with van der Waals surface area (Å²) in [5.74, 6) is -0.984. The molecule has 24 heavy (non-hydrogen) atoms. The van der Waals surface area contributed by atoms with Gasteiger partial charge in [-0.15, -0.1) is 11.3 Å². The highest BCUT2D eigenvalue weighted by molar-refractivity contribution is 7.10. The Kier molecular flexibility index (Phi) is 6.85. The number of benzene rings is 1. The van der Waals surface area contributed by atoms with E-state index in [1.54, 1.807) is 31.2 Å². The van der Waals surface area contributed by atoms with Crippen molar-refractivity contribution in [1.29, 1.82) is 0 Å². The number of esters is 1. The maximum absolute atomic E-state index is 11.9. The number of amides is 1. The molecule has 0 aliphatic heterocycles. The van der Waals surface area contributed by atoms with Crippen molar-refractivity contribution in [2.45, 2.75) is 13.0 Å². The predicted octanol–water partition coefficient (Wildman–Crippen LogP) is 4.49. The number of thiophene rings is 1. The molecule has 0 aliphatic carbocycles. The summed E-state index contributed by atoms with van der Waals surface area (Å²) in [7, 11) is 0. The van der Waals surface area contributed by atoms with Crippen LogP contribution < -0.4 is 5.32 Å². The van der Waals surface area contributed by atoms with Gasteiger partial charge < -0.3 is 10.1 Å². The Balaban J connectivity index is 1.81. The molecule has 1 N–H and O–H groups in total. The lowest BCUT2D eigenvalue weighted by Crippen LogP contribution is -2.31. The molecule has 1 heterocycles. The SMILES string of the molecule is CC(NC(=O)COC(=O)/C=C/c1cccs1)c1ccc(Cl)cc1Cl. The quantitative estimate of drug-likeness (QED) is 0.590. The molecule has 1 amide bonds. The average Bonchev–Trinajstić information content (AvgIpc) is 3.04. The maximum atomic E-state index is 11.9. The highest BCUT2D eigenvalue weighted by Gasteiger charge is 2.14. The smallest absolute Gasteiger partial charge is 0.331 e. The summed E-state index contributed by atoms with van der Waals surface area (Å²) in [4.78, 5) is 24.4. The van der Waals surface area contributed by atoms with Crippen molar-refractivity contribution in [3.8, 4) is 0 Å². The molecule has 2 rings (SSSR count). The molecule has 7 heteroatoms. The zero-order valence-electron chi connectivity index (χ0n) is 12.8. The highest BCUT2D eigenvalue weighted by Crippen LogP contribution is 2.25. The fourth-order valence-corrected chi connectivity index (χ4v) is 3.12. The third kappa shape index (κ3) is 5.67. The van der Waals surface area contributed by atoms with E-state index >= 15 is 0 Å². The summed E-state index contributed by atoms with van der Waals surface area (Å²) in [6.45, 7) is 1.43. The Bertz CT molecular complexity index is 744. The molecule has 4 nitrogen and oxygen atoms in total. The summed E-state index contributed by atoms with van der Waals surface area (Å²) in [5.41, 5.74) is 0.735. The van der Waals surface area contributed by atoms with Crippen LogP contribution in [-0.2, 0) is 14.3 Å². The minimum atomic E-state index is -0.573. The Morgan fingerprint density at radius 3 is 2.79 bits per heavy atom. The van der Waals surface area contributed by atoms with Gasteiger partial charge in [0.15, 0.2) is 6.61 Å². The lowest BCUT2D eigenvalue weighted by atomic mass is 10.1. The molecule has 0 spiro atoms. The predicted molar refractivity (Wildman–Crippen MR) is 97.3 cm³/mol. The first kappa shape index (κ1) is 18.5. The third-order valence-corrected chi connectivity index (χ3v) is 4.48. The van der Waals surface area contributed by atoms with Gasteiger partial charge in [-0.05, 0) is 42.1 Å². The number of carbonyl (C=O) groups excluding carboxylic acids is 2. The van der Waals surface area contributed by atoms with Crippen molar-refractivity contribution in [1.82, 2.24) is 5.32 Å². The van der Waals surface area contributed by atoms with E-state index in [0.29, 0.717) is 10.0 Å². The average molecular weight is 384 g/mol. The molecule has 0 aliphatic rings. The van der Waals surface area contributed by atoms with Crippen LogP contribution in [0.5, 0.6) is 0 Å². The minimum absolute atomic E-state index is 0.331. The van der Waals surface area contributed by atoms with Gasteiger partial charge in [-0.1, -0.05) is 35.3 Å².